The highest BCUT2D eigenvalue weighted by Crippen LogP contribution is 2.46. The van der Waals surface area contributed by atoms with Crippen molar-refractivity contribution in [1.82, 2.24) is 14.4 Å². The van der Waals surface area contributed by atoms with Crippen LogP contribution in [0.4, 0.5) is 5.13 Å². The molecule has 5 aromatic rings. The van der Waals surface area contributed by atoms with Crippen molar-refractivity contribution in [2.45, 2.75) is 13.0 Å². The Labute approximate surface area is 226 Å². The Kier molecular flexibility index (Phi) is 5.72. The number of aromatic nitrogens is 3. The van der Waals surface area contributed by atoms with Gasteiger partial charge in [-0.2, -0.15) is 0 Å². The molecule has 0 saturated carbocycles. The van der Waals surface area contributed by atoms with E-state index in [0.29, 0.717) is 33.9 Å². The molecule has 1 atom stereocenters. The number of fused-ring (bicyclic) bond motifs is 2. The Morgan fingerprint density at radius 3 is 2.62 bits per heavy atom. The number of hydrogen-bond donors (Lipinski definition) is 2. The zero-order valence-electron chi connectivity index (χ0n) is 21.1. The number of carbonyl (C=O) groups excluding carboxylic acids is 2. The number of amides is 1. The largest absolute Gasteiger partial charge is 0.505 e. The molecule has 3 aromatic heterocycles. The number of rotatable bonds is 5. The highest BCUT2D eigenvalue weighted by Gasteiger charge is 2.49. The van der Waals surface area contributed by atoms with Gasteiger partial charge >= 0.3 is 5.91 Å². The minimum Gasteiger partial charge on any atom is -0.505 e. The molecule has 1 amide bonds. The summed E-state index contributed by atoms with van der Waals surface area (Å²) in [6.45, 7) is 1.72. The molecule has 0 spiro atoms. The third kappa shape index (κ3) is 3.77. The monoisotopic (exact) mass is 542 g/mol. The fourth-order valence-corrected chi connectivity index (χ4v) is 5.88. The van der Waals surface area contributed by atoms with Crippen molar-refractivity contribution in [2.75, 3.05) is 19.1 Å². The van der Waals surface area contributed by atoms with Crippen LogP contribution < -0.4 is 14.4 Å². The summed E-state index contributed by atoms with van der Waals surface area (Å²) in [7, 11) is 2.96. The standard InChI is InChI=1S/C28H22N4O6S/c1-14-23(31-11-5-4-6-21(31)29-14)25(34)22-24(15-7-10-18(33)19(12-15)38-3)32(27(36)26(22)35)28-30-17-9-8-16(37-2)13-20(17)39-28/h4-13,24,33-34H,1-3H3. The van der Waals surface area contributed by atoms with E-state index in [0.717, 1.165) is 4.70 Å². The maximum Gasteiger partial charge on any atom is 0.301 e. The van der Waals surface area contributed by atoms with E-state index < -0.39 is 17.7 Å². The molecule has 1 saturated heterocycles. The summed E-state index contributed by atoms with van der Waals surface area (Å²) in [4.78, 5) is 37.6. The van der Waals surface area contributed by atoms with Crippen LogP contribution >= 0.6 is 11.3 Å². The number of hydrogen-bond acceptors (Lipinski definition) is 9. The fraction of sp³-hybridized carbons (Fsp3) is 0.143. The predicted octanol–water partition coefficient (Wildman–Crippen LogP) is 4.60. The van der Waals surface area contributed by atoms with Gasteiger partial charge in [0.2, 0.25) is 0 Å². The molecule has 2 aromatic carbocycles. The topological polar surface area (TPSA) is 126 Å². The number of anilines is 1. The van der Waals surface area contributed by atoms with Gasteiger partial charge in [-0.1, -0.05) is 23.5 Å². The lowest BCUT2D eigenvalue weighted by molar-refractivity contribution is -0.132. The number of nitrogens with zero attached hydrogens (tertiary/aromatic N) is 4. The number of carbonyl (C=O) groups is 2. The number of pyridine rings is 1. The number of aliphatic hydroxyl groups excluding tert-OH is 1. The van der Waals surface area contributed by atoms with Gasteiger partial charge in [0.1, 0.15) is 17.1 Å². The first-order valence-corrected chi connectivity index (χ1v) is 12.7. The molecule has 0 radical (unpaired) electrons. The molecule has 1 aliphatic rings. The lowest BCUT2D eigenvalue weighted by Gasteiger charge is -2.23. The van der Waals surface area contributed by atoms with Crippen molar-refractivity contribution in [2.24, 2.45) is 0 Å². The minimum absolute atomic E-state index is 0.108. The lowest BCUT2D eigenvalue weighted by atomic mass is 9.96. The van der Waals surface area contributed by atoms with E-state index in [1.54, 1.807) is 61.0 Å². The zero-order valence-corrected chi connectivity index (χ0v) is 21.9. The summed E-state index contributed by atoms with van der Waals surface area (Å²) in [6, 6.07) is 14.2. The van der Waals surface area contributed by atoms with Gasteiger partial charge in [-0.25, -0.2) is 9.97 Å². The quantitative estimate of drug-likeness (QED) is 0.187. The first kappa shape index (κ1) is 24.4. The van der Waals surface area contributed by atoms with Crippen LogP contribution in [0.3, 0.4) is 0 Å². The van der Waals surface area contributed by atoms with Crippen LogP contribution in [-0.2, 0) is 9.59 Å². The molecule has 6 rings (SSSR count). The van der Waals surface area contributed by atoms with Crippen molar-refractivity contribution in [1.29, 1.82) is 0 Å². The van der Waals surface area contributed by atoms with Crippen LogP contribution in [0.15, 0.2) is 66.4 Å². The number of ether oxygens (including phenoxy) is 2. The highest BCUT2D eigenvalue weighted by atomic mass is 32.1. The zero-order chi connectivity index (χ0) is 27.4. The molecule has 2 N–H and O–H groups in total. The summed E-state index contributed by atoms with van der Waals surface area (Å²) < 4.78 is 13.0. The van der Waals surface area contributed by atoms with Gasteiger partial charge in [-0.15, -0.1) is 0 Å². The Bertz CT molecular complexity index is 1840. The number of aromatic hydroxyl groups is 1. The van der Waals surface area contributed by atoms with Crippen molar-refractivity contribution in [3.63, 3.8) is 0 Å². The smallest absolute Gasteiger partial charge is 0.301 e. The highest BCUT2D eigenvalue weighted by molar-refractivity contribution is 7.22. The second-order valence-corrected chi connectivity index (χ2v) is 9.91. The van der Waals surface area contributed by atoms with E-state index in [4.69, 9.17) is 9.47 Å². The number of imidazole rings is 1. The first-order valence-electron chi connectivity index (χ1n) is 11.9. The van der Waals surface area contributed by atoms with E-state index in [1.807, 2.05) is 6.07 Å². The molecule has 10 nitrogen and oxygen atoms in total. The number of methoxy groups -OCH3 is 2. The van der Waals surface area contributed by atoms with E-state index >= 15 is 0 Å². The minimum atomic E-state index is -1.06. The van der Waals surface area contributed by atoms with Crippen LogP contribution in [0.1, 0.15) is 23.0 Å². The third-order valence-electron chi connectivity index (χ3n) is 6.68. The number of thiazole rings is 1. The molecule has 11 heteroatoms. The van der Waals surface area contributed by atoms with Crippen molar-refractivity contribution >= 4 is 49.8 Å². The Balaban J connectivity index is 1.61. The number of benzene rings is 2. The SMILES string of the molecule is COc1ccc2nc(N3C(=O)C(=O)C(=C(O)c4c(C)nc5ccccn45)C3c3ccc(O)c(OC)c3)sc2c1. The molecular weight excluding hydrogens is 520 g/mol. The average molecular weight is 543 g/mol. The fourth-order valence-electron chi connectivity index (χ4n) is 4.86. The van der Waals surface area contributed by atoms with Crippen LogP contribution in [0, 0.1) is 6.92 Å². The van der Waals surface area contributed by atoms with Crippen molar-refractivity contribution < 1.29 is 29.3 Å². The summed E-state index contributed by atoms with van der Waals surface area (Å²) in [5.74, 6) is -1.41. The Morgan fingerprint density at radius 1 is 1.03 bits per heavy atom. The second-order valence-electron chi connectivity index (χ2n) is 8.91. The van der Waals surface area contributed by atoms with E-state index in [1.165, 1.54) is 35.5 Å². The van der Waals surface area contributed by atoms with Crippen LogP contribution in [-0.4, -0.2) is 50.5 Å². The first-order chi connectivity index (χ1) is 18.8. The number of aryl methyl sites for hydroxylation is 1. The normalized spacial score (nSPS) is 16.9. The van der Waals surface area contributed by atoms with Gasteiger partial charge in [0.25, 0.3) is 5.78 Å². The lowest BCUT2D eigenvalue weighted by Crippen LogP contribution is -2.29. The molecule has 0 bridgehead atoms. The molecule has 39 heavy (non-hydrogen) atoms. The van der Waals surface area contributed by atoms with E-state index in [2.05, 4.69) is 9.97 Å². The van der Waals surface area contributed by atoms with Gasteiger partial charge < -0.3 is 19.7 Å². The Hall–Kier alpha value is -4.90. The van der Waals surface area contributed by atoms with Gasteiger partial charge in [0.15, 0.2) is 22.4 Å². The molecule has 1 fully saturated rings. The van der Waals surface area contributed by atoms with Crippen LogP contribution in [0.5, 0.6) is 17.2 Å². The Morgan fingerprint density at radius 2 is 1.85 bits per heavy atom. The van der Waals surface area contributed by atoms with E-state index in [-0.39, 0.29) is 28.0 Å². The van der Waals surface area contributed by atoms with Gasteiger partial charge in [0.05, 0.1) is 41.7 Å². The summed E-state index contributed by atoms with van der Waals surface area (Å²) in [6.07, 6.45) is 1.72. The third-order valence-corrected chi connectivity index (χ3v) is 7.70. The maximum absolute atomic E-state index is 13.6. The number of ketones is 1. The molecule has 4 heterocycles. The number of Topliss-reactive ketones (excluding diaryl/α,β-unsaturated/α-hetero) is 1. The van der Waals surface area contributed by atoms with Crippen LogP contribution in [0.2, 0.25) is 0 Å². The molecule has 196 valence electrons. The van der Waals surface area contributed by atoms with Gasteiger partial charge in [-0.05, 0) is 55.0 Å². The predicted molar refractivity (Wildman–Crippen MR) is 146 cm³/mol. The van der Waals surface area contributed by atoms with Crippen molar-refractivity contribution in [3.8, 4) is 17.2 Å². The summed E-state index contributed by atoms with van der Waals surface area (Å²) >= 11 is 1.22. The van der Waals surface area contributed by atoms with Crippen LogP contribution in [0.25, 0.3) is 21.6 Å². The average Bonchev–Trinajstić information content (AvgIpc) is 3.59. The molecule has 1 aliphatic heterocycles. The molecule has 1 unspecified atom stereocenters. The number of phenols is 1. The summed E-state index contributed by atoms with van der Waals surface area (Å²) in [5, 5.41) is 22.2. The summed E-state index contributed by atoms with van der Waals surface area (Å²) in [5.41, 5.74) is 2.30. The number of phenolic OH excluding ortho intramolecular Hbond substituents is 1. The molecule has 0 aliphatic carbocycles. The molecular formula is C28H22N4O6S. The maximum atomic E-state index is 13.6. The number of aliphatic hydroxyl groups is 1. The van der Waals surface area contributed by atoms with Gasteiger partial charge in [-0.3, -0.25) is 18.9 Å². The van der Waals surface area contributed by atoms with Crippen molar-refractivity contribution in [3.05, 3.63) is 83.3 Å². The second kappa shape index (κ2) is 9.14. The van der Waals surface area contributed by atoms with E-state index in [9.17, 15) is 19.8 Å². The van der Waals surface area contributed by atoms with Gasteiger partial charge in [0, 0.05) is 6.20 Å².